The Balaban J connectivity index is 0.00000363. The van der Waals surface area contributed by atoms with E-state index in [9.17, 15) is 4.79 Å². The van der Waals surface area contributed by atoms with Gasteiger partial charge in [-0.05, 0) is 38.4 Å². The fraction of sp³-hybridized carbons (Fsp3) is 0.652. The maximum atomic E-state index is 12.1. The van der Waals surface area contributed by atoms with Crippen molar-refractivity contribution in [2.75, 3.05) is 67.1 Å². The number of amides is 1. The highest BCUT2D eigenvalue weighted by Crippen LogP contribution is 2.31. The van der Waals surface area contributed by atoms with Gasteiger partial charge >= 0.3 is 0 Å². The number of hydrogen-bond acceptors (Lipinski definition) is 5. The molecule has 2 atom stereocenters. The number of halogens is 1. The Morgan fingerprint density at radius 3 is 2.69 bits per heavy atom. The van der Waals surface area contributed by atoms with Crippen molar-refractivity contribution >= 4 is 35.8 Å². The van der Waals surface area contributed by atoms with E-state index in [1.165, 1.54) is 18.4 Å². The minimum Gasteiger partial charge on any atom is -0.496 e. The van der Waals surface area contributed by atoms with Crippen molar-refractivity contribution in [1.82, 2.24) is 20.4 Å². The maximum Gasteiger partial charge on any atom is 0.243 e. The number of hydrogen-bond donors (Lipinski definition) is 2. The predicted octanol–water partition coefficient (Wildman–Crippen LogP) is 2.11. The molecule has 3 rings (SSSR count). The minimum atomic E-state index is -0.0221. The Hall–Kier alpha value is -1.59. The number of rotatable bonds is 9. The zero-order valence-corrected chi connectivity index (χ0v) is 21.8. The molecule has 9 heteroatoms. The number of benzene rings is 1. The quantitative estimate of drug-likeness (QED) is 0.274. The largest absolute Gasteiger partial charge is 0.496 e. The highest BCUT2D eigenvalue weighted by Gasteiger charge is 2.26. The first-order chi connectivity index (χ1) is 15.1. The Labute approximate surface area is 209 Å². The fourth-order valence-electron chi connectivity index (χ4n) is 4.07. The molecule has 0 bridgehead atoms. The van der Waals surface area contributed by atoms with Gasteiger partial charge in [0.05, 0.1) is 19.8 Å². The normalized spacial score (nSPS) is 19.8. The van der Waals surface area contributed by atoms with Crippen LogP contribution in [0.3, 0.4) is 0 Å². The first-order valence-corrected chi connectivity index (χ1v) is 11.3. The zero-order valence-electron chi connectivity index (χ0n) is 19.5. The third kappa shape index (κ3) is 7.77. The smallest absolute Gasteiger partial charge is 0.243 e. The van der Waals surface area contributed by atoms with Gasteiger partial charge in [0.15, 0.2) is 5.96 Å². The van der Waals surface area contributed by atoms with Crippen LogP contribution in [0, 0.1) is 5.92 Å². The molecule has 2 heterocycles. The topological polar surface area (TPSA) is 78.4 Å². The van der Waals surface area contributed by atoms with Gasteiger partial charge < -0.3 is 25.0 Å². The van der Waals surface area contributed by atoms with Gasteiger partial charge in [-0.1, -0.05) is 18.2 Å². The van der Waals surface area contributed by atoms with Gasteiger partial charge in [0.25, 0.3) is 0 Å². The second kappa shape index (κ2) is 13.8. The Bertz CT molecular complexity index is 734. The first-order valence-electron chi connectivity index (χ1n) is 11.3. The summed E-state index contributed by atoms with van der Waals surface area (Å²) in [5.41, 5.74) is 1.17. The number of ether oxygens (including phenoxy) is 2. The number of likely N-dealkylation sites (tertiary alicyclic amines) is 1. The van der Waals surface area contributed by atoms with Crippen molar-refractivity contribution in [3.63, 3.8) is 0 Å². The molecule has 2 N–H and O–H groups in total. The van der Waals surface area contributed by atoms with Gasteiger partial charge in [-0.15, -0.1) is 24.0 Å². The van der Waals surface area contributed by atoms with Crippen LogP contribution in [0.25, 0.3) is 0 Å². The molecule has 2 fully saturated rings. The summed E-state index contributed by atoms with van der Waals surface area (Å²) in [5, 5.41) is 6.92. The molecule has 0 aromatic heterocycles. The minimum absolute atomic E-state index is 0. The summed E-state index contributed by atoms with van der Waals surface area (Å²) in [6, 6.07) is 8.39. The molecule has 1 aromatic rings. The molecular weight excluding hydrogens is 521 g/mol. The van der Waals surface area contributed by atoms with Crippen molar-refractivity contribution in [3.05, 3.63) is 29.8 Å². The Morgan fingerprint density at radius 2 is 2.03 bits per heavy atom. The Kier molecular flexibility index (Phi) is 11.5. The number of nitrogens with one attached hydrogen (secondary N) is 2. The molecule has 2 aliphatic rings. The number of carbonyl (C=O) groups excluding carboxylic acids is 1. The highest BCUT2D eigenvalue weighted by atomic mass is 127. The molecule has 180 valence electrons. The molecule has 8 nitrogen and oxygen atoms in total. The number of aliphatic imine (C=N–C) groups is 1. The number of para-hydroxylation sites is 1. The monoisotopic (exact) mass is 559 g/mol. The van der Waals surface area contributed by atoms with Crippen LogP contribution in [0.4, 0.5) is 0 Å². The predicted molar refractivity (Wildman–Crippen MR) is 138 cm³/mol. The van der Waals surface area contributed by atoms with Gasteiger partial charge in [-0.2, -0.15) is 0 Å². The number of likely N-dealkylation sites (N-methyl/N-ethyl adjacent to an activating group) is 1. The van der Waals surface area contributed by atoms with E-state index in [2.05, 4.69) is 32.7 Å². The van der Waals surface area contributed by atoms with Crippen LogP contribution in [-0.4, -0.2) is 88.8 Å². The van der Waals surface area contributed by atoms with Crippen LogP contribution < -0.4 is 15.4 Å². The summed E-state index contributed by atoms with van der Waals surface area (Å²) in [6.45, 7) is 5.32. The second-order valence-corrected chi connectivity index (χ2v) is 8.45. The summed E-state index contributed by atoms with van der Waals surface area (Å²) in [4.78, 5) is 20.7. The van der Waals surface area contributed by atoms with Gasteiger partial charge in [-0.25, -0.2) is 4.99 Å². The lowest BCUT2D eigenvalue weighted by atomic mass is 10.0. The zero-order chi connectivity index (χ0) is 22.1. The molecular formula is C23H38IN5O3. The van der Waals surface area contributed by atoms with E-state index in [1.807, 2.05) is 12.1 Å². The van der Waals surface area contributed by atoms with Gasteiger partial charge in [0.1, 0.15) is 12.3 Å². The summed E-state index contributed by atoms with van der Waals surface area (Å²) < 4.78 is 11.1. The maximum absolute atomic E-state index is 12.1. The molecule has 1 aromatic carbocycles. The Morgan fingerprint density at radius 1 is 1.28 bits per heavy atom. The molecule has 0 radical (unpaired) electrons. The van der Waals surface area contributed by atoms with Crippen molar-refractivity contribution in [2.45, 2.75) is 25.3 Å². The van der Waals surface area contributed by atoms with E-state index in [-0.39, 0.29) is 42.5 Å². The molecule has 2 unspecified atom stereocenters. The summed E-state index contributed by atoms with van der Waals surface area (Å²) >= 11 is 0. The van der Waals surface area contributed by atoms with Crippen LogP contribution in [-0.2, 0) is 9.53 Å². The first kappa shape index (κ1) is 26.7. The van der Waals surface area contributed by atoms with Gasteiger partial charge in [0.2, 0.25) is 5.91 Å². The van der Waals surface area contributed by atoms with Crippen molar-refractivity contribution in [2.24, 2.45) is 10.9 Å². The van der Waals surface area contributed by atoms with Crippen molar-refractivity contribution < 1.29 is 14.3 Å². The SMILES string of the molecule is COc1ccccc1C(CNC(=NCC(=O)N(C)C)NCC1CCOC1)N1CCCC1.I. The van der Waals surface area contributed by atoms with Gasteiger partial charge in [-0.3, -0.25) is 9.69 Å². The molecule has 32 heavy (non-hydrogen) atoms. The number of nitrogens with zero attached hydrogens (tertiary/aromatic N) is 3. The van der Waals surface area contributed by atoms with Crippen LogP contribution in [0.15, 0.2) is 29.3 Å². The standard InChI is InChI=1S/C23H37N5O3.HI/c1-27(2)22(29)16-26-23(24-14-18-10-13-31-17-18)25-15-20(28-11-6-7-12-28)19-8-4-5-9-21(19)30-3;/h4-5,8-9,18,20H,6-7,10-17H2,1-3H3,(H2,24,25,26);1H. The molecule has 2 saturated heterocycles. The second-order valence-electron chi connectivity index (χ2n) is 8.45. The van der Waals surface area contributed by atoms with E-state index in [1.54, 1.807) is 26.1 Å². The number of methoxy groups -OCH3 is 1. The molecule has 0 saturated carbocycles. The third-order valence-corrected chi connectivity index (χ3v) is 6.00. The average Bonchev–Trinajstić information content (AvgIpc) is 3.49. The molecule has 0 aliphatic carbocycles. The highest BCUT2D eigenvalue weighted by molar-refractivity contribution is 14.0. The molecule has 2 aliphatic heterocycles. The van der Waals surface area contributed by atoms with Crippen LogP contribution in [0.1, 0.15) is 30.9 Å². The molecule has 1 amide bonds. The lowest BCUT2D eigenvalue weighted by molar-refractivity contribution is -0.127. The van der Waals surface area contributed by atoms with Crippen LogP contribution in [0.5, 0.6) is 5.75 Å². The number of carbonyl (C=O) groups is 1. The van der Waals surface area contributed by atoms with Gasteiger partial charge in [0, 0.05) is 45.3 Å². The summed E-state index contributed by atoms with van der Waals surface area (Å²) in [6.07, 6.45) is 3.47. The lowest BCUT2D eigenvalue weighted by Gasteiger charge is -2.30. The fourth-order valence-corrected chi connectivity index (χ4v) is 4.07. The van der Waals surface area contributed by atoms with Crippen molar-refractivity contribution in [1.29, 1.82) is 0 Å². The summed E-state index contributed by atoms with van der Waals surface area (Å²) in [7, 11) is 5.22. The lowest BCUT2D eigenvalue weighted by Crippen LogP contribution is -2.44. The van der Waals surface area contributed by atoms with Crippen LogP contribution in [0.2, 0.25) is 0 Å². The summed E-state index contributed by atoms with van der Waals surface area (Å²) in [5.74, 6) is 2.02. The van der Waals surface area contributed by atoms with Crippen LogP contribution >= 0.6 is 24.0 Å². The van der Waals surface area contributed by atoms with Crippen molar-refractivity contribution in [3.8, 4) is 5.75 Å². The van der Waals surface area contributed by atoms with E-state index < -0.39 is 0 Å². The average molecular weight is 559 g/mol. The van der Waals surface area contributed by atoms with E-state index in [4.69, 9.17) is 9.47 Å². The number of guanidine groups is 1. The molecule has 0 spiro atoms. The van der Waals surface area contributed by atoms with E-state index in [0.717, 1.165) is 45.0 Å². The van der Waals surface area contributed by atoms with E-state index >= 15 is 0 Å². The third-order valence-electron chi connectivity index (χ3n) is 6.00. The van der Waals surface area contributed by atoms with E-state index in [0.29, 0.717) is 18.4 Å².